The van der Waals surface area contributed by atoms with Crippen molar-refractivity contribution in [3.05, 3.63) is 19.3 Å². The third-order valence-corrected chi connectivity index (χ3v) is 3.56. The third kappa shape index (κ3) is 2.03. The number of hydrogen-bond acceptors (Lipinski definition) is 4. The first-order valence-corrected chi connectivity index (χ1v) is 5.20. The van der Waals surface area contributed by atoms with Gasteiger partial charge in [-0.2, -0.15) is 0 Å². The Bertz CT molecular complexity index is 399. The Morgan fingerprint density at radius 1 is 1.21 bits per heavy atom. The van der Waals surface area contributed by atoms with Crippen LogP contribution in [0.2, 0.25) is 13.7 Å². The van der Waals surface area contributed by atoms with Gasteiger partial charge >= 0.3 is 5.97 Å². The fourth-order valence-electron chi connectivity index (χ4n) is 0.743. The maximum Gasteiger partial charge on any atom is 0.379 e. The van der Waals surface area contributed by atoms with Crippen LogP contribution in [0.25, 0.3) is 0 Å². The molecule has 0 aliphatic rings. The van der Waals surface area contributed by atoms with Gasteiger partial charge in [0.1, 0.15) is 8.67 Å². The first-order chi connectivity index (χ1) is 6.49. The van der Waals surface area contributed by atoms with Gasteiger partial charge in [-0.15, -0.1) is 11.3 Å². The molecule has 0 atom stereocenters. The van der Waals surface area contributed by atoms with Gasteiger partial charge in [-0.25, -0.2) is 4.79 Å². The predicted molar refractivity (Wildman–Crippen MR) is 55.7 cm³/mol. The predicted octanol–water partition coefficient (Wildman–Crippen LogP) is 3.06. The van der Waals surface area contributed by atoms with Crippen LogP contribution >= 0.6 is 46.1 Å². The molecule has 0 saturated heterocycles. The highest BCUT2D eigenvalue weighted by molar-refractivity contribution is 7.21. The normalized spacial score (nSPS) is 10.0. The van der Waals surface area contributed by atoms with Crippen LogP contribution in [0.15, 0.2) is 0 Å². The molecule has 3 nitrogen and oxygen atoms in total. The minimum absolute atomic E-state index is 0.0166. The Hall–Kier alpha value is -0.290. The van der Waals surface area contributed by atoms with E-state index in [0.29, 0.717) is 0 Å². The number of rotatable bonds is 2. The van der Waals surface area contributed by atoms with Crippen molar-refractivity contribution in [2.24, 2.45) is 0 Å². The topological polar surface area (TPSA) is 43.4 Å². The highest BCUT2D eigenvalue weighted by atomic mass is 35.5. The first kappa shape index (κ1) is 11.8. The van der Waals surface area contributed by atoms with Gasteiger partial charge in [-0.1, -0.05) is 34.8 Å². The number of esters is 1. The largest absolute Gasteiger partial charge is 0.463 e. The van der Waals surface area contributed by atoms with E-state index in [-0.39, 0.29) is 19.3 Å². The summed E-state index contributed by atoms with van der Waals surface area (Å²) >= 11 is 17.9. The molecule has 1 aromatic heterocycles. The number of thiophene rings is 1. The summed E-state index contributed by atoms with van der Waals surface area (Å²) in [5.41, 5.74) is -0.102. The zero-order valence-corrected chi connectivity index (χ0v) is 9.85. The van der Waals surface area contributed by atoms with Crippen molar-refractivity contribution in [2.45, 2.75) is 0 Å². The van der Waals surface area contributed by atoms with E-state index in [1.54, 1.807) is 0 Å². The van der Waals surface area contributed by atoms with Gasteiger partial charge in [0.15, 0.2) is 0 Å². The second-order valence-corrected chi connectivity index (χ2v) is 4.76. The number of Topliss-reactive ketones (excluding diaryl/α,β-unsaturated/α-hetero) is 1. The number of ether oxygens (including phenoxy) is 1. The maximum atomic E-state index is 11.3. The smallest absolute Gasteiger partial charge is 0.379 e. The van der Waals surface area contributed by atoms with Gasteiger partial charge < -0.3 is 4.74 Å². The summed E-state index contributed by atoms with van der Waals surface area (Å²) in [4.78, 5) is 22.2. The molecule has 76 valence electrons. The second kappa shape index (κ2) is 4.49. The van der Waals surface area contributed by atoms with Gasteiger partial charge in [0.25, 0.3) is 5.78 Å². The Kier molecular flexibility index (Phi) is 3.78. The summed E-state index contributed by atoms with van der Waals surface area (Å²) in [7, 11) is 1.09. The lowest BCUT2D eigenvalue weighted by molar-refractivity contribution is -0.135. The Morgan fingerprint density at radius 2 is 1.79 bits per heavy atom. The molecule has 0 aromatic carbocycles. The molecule has 0 N–H and O–H groups in total. The molecular formula is C7H3Cl3O3S. The molecule has 0 aliphatic carbocycles. The Balaban J connectivity index is 3.19. The van der Waals surface area contributed by atoms with Crippen LogP contribution in [-0.4, -0.2) is 18.9 Å². The zero-order chi connectivity index (χ0) is 10.9. The molecule has 0 bridgehead atoms. The number of carbonyl (C=O) groups is 2. The molecule has 1 aromatic rings. The van der Waals surface area contributed by atoms with E-state index in [1.165, 1.54) is 0 Å². The van der Waals surface area contributed by atoms with Gasteiger partial charge in [0.2, 0.25) is 0 Å². The van der Waals surface area contributed by atoms with E-state index >= 15 is 0 Å². The molecule has 1 rings (SSSR count). The van der Waals surface area contributed by atoms with Crippen molar-refractivity contribution in [1.82, 2.24) is 0 Å². The van der Waals surface area contributed by atoms with E-state index in [0.717, 1.165) is 18.4 Å². The second-order valence-electron chi connectivity index (χ2n) is 2.16. The summed E-state index contributed by atoms with van der Waals surface area (Å²) in [5, 5.41) is -0.0166. The molecule has 14 heavy (non-hydrogen) atoms. The van der Waals surface area contributed by atoms with Crippen molar-refractivity contribution in [1.29, 1.82) is 0 Å². The number of carbonyl (C=O) groups excluding carboxylic acids is 2. The summed E-state index contributed by atoms with van der Waals surface area (Å²) in [6.45, 7) is 0. The number of halogens is 3. The van der Waals surface area contributed by atoms with Crippen molar-refractivity contribution in [2.75, 3.05) is 7.11 Å². The highest BCUT2D eigenvalue weighted by Crippen LogP contribution is 2.40. The van der Waals surface area contributed by atoms with Crippen LogP contribution in [0.5, 0.6) is 0 Å². The van der Waals surface area contributed by atoms with Crippen molar-refractivity contribution in [3.8, 4) is 0 Å². The van der Waals surface area contributed by atoms with E-state index in [1.807, 2.05) is 0 Å². The molecule has 0 unspecified atom stereocenters. The summed E-state index contributed by atoms with van der Waals surface area (Å²) in [5.74, 6) is -1.92. The molecule has 0 radical (unpaired) electrons. The van der Waals surface area contributed by atoms with E-state index < -0.39 is 11.8 Å². The average molecular weight is 274 g/mol. The van der Waals surface area contributed by atoms with Gasteiger partial charge in [-0.3, -0.25) is 4.79 Å². The van der Waals surface area contributed by atoms with Crippen molar-refractivity contribution in [3.63, 3.8) is 0 Å². The minimum Gasteiger partial charge on any atom is -0.463 e. The molecule has 0 aliphatic heterocycles. The molecule has 0 spiro atoms. The molecule has 0 amide bonds. The van der Waals surface area contributed by atoms with E-state index in [4.69, 9.17) is 34.8 Å². The van der Waals surface area contributed by atoms with Crippen LogP contribution in [0.3, 0.4) is 0 Å². The Labute approximate surface area is 98.5 Å². The van der Waals surface area contributed by atoms with Gasteiger partial charge in [-0.05, 0) is 0 Å². The number of hydrogen-bond donors (Lipinski definition) is 0. The molecule has 1 heterocycles. The van der Waals surface area contributed by atoms with Crippen LogP contribution < -0.4 is 0 Å². The summed E-state index contributed by atoms with van der Waals surface area (Å²) < 4.78 is 4.49. The molecule has 0 fully saturated rings. The lowest BCUT2D eigenvalue weighted by atomic mass is 10.2. The van der Waals surface area contributed by atoms with Crippen LogP contribution in [0.1, 0.15) is 10.4 Å². The van der Waals surface area contributed by atoms with Crippen molar-refractivity contribution < 1.29 is 14.3 Å². The lowest BCUT2D eigenvalue weighted by Crippen LogP contribution is -2.15. The van der Waals surface area contributed by atoms with Crippen LogP contribution in [0.4, 0.5) is 0 Å². The van der Waals surface area contributed by atoms with Crippen LogP contribution in [-0.2, 0) is 9.53 Å². The Morgan fingerprint density at radius 3 is 2.14 bits per heavy atom. The van der Waals surface area contributed by atoms with Gasteiger partial charge in [0.05, 0.1) is 17.7 Å². The lowest BCUT2D eigenvalue weighted by Gasteiger charge is -1.97. The SMILES string of the molecule is COC(=O)C(=O)c1c(Cl)sc(Cl)c1Cl. The van der Waals surface area contributed by atoms with Crippen molar-refractivity contribution >= 4 is 57.9 Å². The number of ketones is 1. The molecular weight excluding hydrogens is 270 g/mol. The van der Waals surface area contributed by atoms with Gasteiger partial charge in [0, 0.05) is 0 Å². The monoisotopic (exact) mass is 272 g/mol. The van der Waals surface area contributed by atoms with Crippen LogP contribution in [0, 0.1) is 0 Å². The zero-order valence-electron chi connectivity index (χ0n) is 6.77. The third-order valence-electron chi connectivity index (χ3n) is 1.37. The maximum absolute atomic E-state index is 11.3. The number of methoxy groups -OCH3 is 1. The van der Waals surface area contributed by atoms with E-state index in [9.17, 15) is 9.59 Å². The van der Waals surface area contributed by atoms with E-state index in [2.05, 4.69) is 4.74 Å². The quantitative estimate of drug-likeness (QED) is 0.472. The molecule has 0 saturated carbocycles. The summed E-state index contributed by atoms with van der Waals surface area (Å²) in [6.07, 6.45) is 0. The standard InChI is InChI=1S/C7H3Cl3O3S/c1-13-7(12)4(11)2-3(8)6(10)14-5(2)9/h1H3. The average Bonchev–Trinajstić information content (AvgIpc) is 2.39. The fraction of sp³-hybridized carbons (Fsp3) is 0.143. The minimum atomic E-state index is -1.02. The fourth-order valence-corrected chi connectivity index (χ4v) is 2.65. The highest BCUT2D eigenvalue weighted by Gasteiger charge is 2.26. The summed E-state index contributed by atoms with van der Waals surface area (Å²) in [6, 6.07) is 0. The molecule has 7 heteroatoms. The first-order valence-electron chi connectivity index (χ1n) is 3.25.